The van der Waals surface area contributed by atoms with Gasteiger partial charge in [0.15, 0.2) is 0 Å². The molecule has 4 nitrogen and oxygen atoms in total. The van der Waals surface area contributed by atoms with Crippen LogP contribution in [0.25, 0.3) is 6.08 Å². The number of thioether (sulfide) groups is 1. The van der Waals surface area contributed by atoms with Crippen LogP contribution in [0.2, 0.25) is 10.0 Å². The number of anilines is 1. The number of hydrogen-bond donors (Lipinski definition) is 0. The first-order valence-corrected chi connectivity index (χ1v) is 8.44. The lowest BCUT2D eigenvalue weighted by molar-refractivity contribution is -0.113. The molecular formula is C17H11Cl2NO3S. The molecule has 0 unspecified atom stereocenters. The maximum absolute atomic E-state index is 12.6. The Hall–Kier alpha value is -1.95. The van der Waals surface area contributed by atoms with Crippen molar-refractivity contribution in [1.82, 2.24) is 0 Å². The number of halogens is 2. The smallest absolute Gasteiger partial charge is 0.298 e. The van der Waals surface area contributed by atoms with Gasteiger partial charge in [0.1, 0.15) is 5.75 Å². The zero-order valence-electron chi connectivity index (χ0n) is 12.5. The van der Waals surface area contributed by atoms with Crippen LogP contribution in [0, 0.1) is 0 Å². The van der Waals surface area contributed by atoms with Crippen molar-refractivity contribution in [1.29, 1.82) is 0 Å². The summed E-state index contributed by atoms with van der Waals surface area (Å²) in [6, 6.07) is 11.7. The number of carbonyl (C=O) groups is 2. The lowest BCUT2D eigenvalue weighted by Crippen LogP contribution is -2.27. The predicted octanol–water partition coefficient (Wildman–Crippen LogP) is 5.24. The summed E-state index contributed by atoms with van der Waals surface area (Å²) < 4.78 is 5.08. The van der Waals surface area contributed by atoms with Crippen molar-refractivity contribution in [2.75, 3.05) is 12.0 Å². The fourth-order valence-electron chi connectivity index (χ4n) is 2.20. The molecule has 2 amide bonds. The number of amides is 2. The van der Waals surface area contributed by atoms with Crippen LogP contribution in [0.4, 0.5) is 10.5 Å². The van der Waals surface area contributed by atoms with E-state index >= 15 is 0 Å². The van der Waals surface area contributed by atoms with Gasteiger partial charge in [-0.25, -0.2) is 4.90 Å². The van der Waals surface area contributed by atoms with E-state index < -0.39 is 5.91 Å². The van der Waals surface area contributed by atoms with Gasteiger partial charge < -0.3 is 4.74 Å². The quantitative estimate of drug-likeness (QED) is 0.683. The molecule has 1 fully saturated rings. The van der Waals surface area contributed by atoms with Crippen LogP contribution < -0.4 is 9.64 Å². The van der Waals surface area contributed by atoms with Gasteiger partial charge in [-0.1, -0.05) is 29.3 Å². The van der Waals surface area contributed by atoms with Crippen LogP contribution >= 0.6 is 35.0 Å². The molecule has 122 valence electrons. The van der Waals surface area contributed by atoms with E-state index in [1.54, 1.807) is 55.7 Å². The van der Waals surface area contributed by atoms with Crippen LogP contribution in [-0.2, 0) is 4.79 Å². The molecular weight excluding hydrogens is 369 g/mol. The molecule has 3 rings (SSSR count). The summed E-state index contributed by atoms with van der Waals surface area (Å²) in [5.41, 5.74) is 0.994. The first-order valence-electron chi connectivity index (χ1n) is 6.87. The van der Waals surface area contributed by atoms with E-state index in [9.17, 15) is 9.59 Å². The van der Waals surface area contributed by atoms with Gasteiger partial charge >= 0.3 is 0 Å². The summed E-state index contributed by atoms with van der Waals surface area (Å²) in [6.45, 7) is 0. The molecule has 1 saturated heterocycles. The highest BCUT2D eigenvalue weighted by molar-refractivity contribution is 8.19. The number of ether oxygens (including phenoxy) is 1. The summed E-state index contributed by atoms with van der Waals surface area (Å²) in [5, 5.41) is 0.456. The van der Waals surface area contributed by atoms with E-state index in [1.165, 1.54) is 0 Å². The van der Waals surface area contributed by atoms with Crippen LogP contribution in [0.1, 0.15) is 5.56 Å². The summed E-state index contributed by atoms with van der Waals surface area (Å²) in [7, 11) is 1.55. The Morgan fingerprint density at radius 2 is 1.67 bits per heavy atom. The third-order valence-electron chi connectivity index (χ3n) is 3.40. The van der Waals surface area contributed by atoms with E-state index in [1.807, 2.05) is 0 Å². The third kappa shape index (κ3) is 3.15. The largest absolute Gasteiger partial charge is 0.497 e. The normalized spacial score (nSPS) is 16.1. The number of methoxy groups -OCH3 is 1. The molecule has 1 aliphatic heterocycles. The second-order valence-electron chi connectivity index (χ2n) is 4.85. The summed E-state index contributed by atoms with van der Waals surface area (Å²) >= 11 is 13.1. The van der Waals surface area contributed by atoms with Crippen LogP contribution in [-0.4, -0.2) is 18.3 Å². The topological polar surface area (TPSA) is 46.6 Å². The number of hydrogen-bond acceptors (Lipinski definition) is 4. The van der Waals surface area contributed by atoms with Crippen molar-refractivity contribution in [3.63, 3.8) is 0 Å². The molecule has 7 heteroatoms. The van der Waals surface area contributed by atoms with Crippen LogP contribution in [0.3, 0.4) is 0 Å². The van der Waals surface area contributed by atoms with Gasteiger partial charge in [0.25, 0.3) is 11.1 Å². The second-order valence-corrected chi connectivity index (χ2v) is 6.66. The van der Waals surface area contributed by atoms with Gasteiger partial charge in [0, 0.05) is 15.6 Å². The molecule has 0 N–H and O–H groups in total. The van der Waals surface area contributed by atoms with E-state index in [0.717, 1.165) is 16.7 Å². The Kier molecular flexibility index (Phi) is 4.85. The number of rotatable bonds is 3. The monoisotopic (exact) mass is 379 g/mol. The van der Waals surface area contributed by atoms with Gasteiger partial charge in [-0.2, -0.15) is 0 Å². The van der Waals surface area contributed by atoms with E-state index in [0.29, 0.717) is 27.0 Å². The molecule has 0 spiro atoms. The zero-order chi connectivity index (χ0) is 17.3. The number of imide groups is 1. The van der Waals surface area contributed by atoms with Crippen molar-refractivity contribution < 1.29 is 14.3 Å². The Bertz CT molecular complexity index is 829. The summed E-state index contributed by atoms with van der Waals surface area (Å²) in [5.74, 6) is 0.232. The molecule has 0 saturated carbocycles. The summed E-state index contributed by atoms with van der Waals surface area (Å²) in [6.07, 6.45) is 1.54. The molecule has 24 heavy (non-hydrogen) atoms. The Balaban J connectivity index is 1.95. The lowest BCUT2D eigenvalue weighted by Gasteiger charge is -2.12. The minimum atomic E-state index is -0.411. The maximum Gasteiger partial charge on any atom is 0.298 e. The fourth-order valence-corrected chi connectivity index (χ4v) is 3.53. The Morgan fingerprint density at radius 3 is 2.25 bits per heavy atom. The van der Waals surface area contributed by atoms with Crippen molar-refractivity contribution in [2.45, 2.75) is 0 Å². The molecule has 2 aromatic carbocycles. The SMILES string of the molecule is COc1ccc(N2C(=O)S/C(=C\c3c(Cl)cccc3Cl)C2=O)cc1. The molecule has 1 heterocycles. The van der Waals surface area contributed by atoms with Crippen LogP contribution in [0.15, 0.2) is 47.4 Å². The fraction of sp³-hybridized carbons (Fsp3) is 0.0588. The Labute approximate surface area is 153 Å². The highest BCUT2D eigenvalue weighted by atomic mass is 35.5. The Morgan fingerprint density at radius 1 is 1.04 bits per heavy atom. The predicted molar refractivity (Wildman–Crippen MR) is 97.9 cm³/mol. The van der Waals surface area contributed by atoms with E-state index in [4.69, 9.17) is 27.9 Å². The minimum Gasteiger partial charge on any atom is -0.497 e. The molecule has 0 aliphatic carbocycles. The molecule has 0 radical (unpaired) electrons. The minimum absolute atomic E-state index is 0.269. The van der Waals surface area contributed by atoms with Crippen molar-refractivity contribution in [3.8, 4) is 5.75 Å². The molecule has 0 aromatic heterocycles. The van der Waals surface area contributed by atoms with Gasteiger partial charge in [0.2, 0.25) is 0 Å². The van der Waals surface area contributed by atoms with Crippen LogP contribution in [0.5, 0.6) is 5.75 Å². The van der Waals surface area contributed by atoms with Gasteiger partial charge in [-0.3, -0.25) is 9.59 Å². The second kappa shape index (κ2) is 6.89. The van der Waals surface area contributed by atoms with Crippen molar-refractivity contribution in [2.24, 2.45) is 0 Å². The standard InChI is InChI=1S/C17H11Cl2NO3S/c1-23-11-7-5-10(6-8-11)20-16(21)15(24-17(20)22)9-12-13(18)3-2-4-14(12)19/h2-9H,1H3/b15-9-. The first kappa shape index (κ1) is 16.9. The molecule has 2 aromatic rings. The van der Waals surface area contributed by atoms with Gasteiger partial charge in [-0.05, 0) is 54.2 Å². The average molecular weight is 380 g/mol. The summed E-state index contributed by atoms with van der Waals surface area (Å²) in [4.78, 5) is 26.2. The number of nitrogens with zero attached hydrogens (tertiary/aromatic N) is 1. The average Bonchev–Trinajstić information content (AvgIpc) is 2.85. The highest BCUT2D eigenvalue weighted by Gasteiger charge is 2.36. The third-order valence-corrected chi connectivity index (χ3v) is 4.93. The first-order chi connectivity index (χ1) is 11.5. The number of carbonyl (C=O) groups excluding carboxylic acids is 2. The maximum atomic E-state index is 12.6. The van der Waals surface area contributed by atoms with E-state index in [-0.39, 0.29) is 10.1 Å². The zero-order valence-corrected chi connectivity index (χ0v) is 14.8. The molecule has 0 atom stereocenters. The lowest BCUT2D eigenvalue weighted by atomic mass is 10.2. The van der Waals surface area contributed by atoms with Crippen molar-refractivity contribution in [3.05, 3.63) is 63.0 Å². The molecule has 0 bridgehead atoms. The van der Waals surface area contributed by atoms with Gasteiger partial charge in [0.05, 0.1) is 17.7 Å². The van der Waals surface area contributed by atoms with Gasteiger partial charge in [-0.15, -0.1) is 0 Å². The molecule has 1 aliphatic rings. The van der Waals surface area contributed by atoms with E-state index in [2.05, 4.69) is 0 Å². The van der Waals surface area contributed by atoms with Crippen molar-refractivity contribution >= 4 is 57.9 Å². The highest BCUT2D eigenvalue weighted by Crippen LogP contribution is 2.38. The number of benzene rings is 2.